The zero-order valence-electron chi connectivity index (χ0n) is 27.1. The lowest BCUT2D eigenvalue weighted by atomic mass is 9.68. The third-order valence-corrected chi connectivity index (χ3v) is 11.2. The Labute approximate surface area is 273 Å². The summed E-state index contributed by atoms with van der Waals surface area (Å²) in [5.74, 6) is -9.30. The minimum Gasteiger partial charge on any atom is -0.432 e. The van der Waals surface area contributed by atoms with Crippen molar-refractivity contribution in [3.63, 3.8) is 0 Å². The van der Waals surface area contributed by atoms with Crippen molar-refractivity contribution in [3.05, 3.63) is 70.6 Å². The van der Waals surface area contributed by atoms with E-state index in [0.717, 1.165) is 43.1 Å². The van der Waals surface area contributed by atoms with E-state index in [1.807, 2.05) is 0 Å². The molecule has 5 rings (SSSR count). The summed E-state index contributed by atoms with van der Waals surface area (Å²) in [6.45, 7) is 2.24. The van der Waals surface area contributed by atoms with E-state index in [-0.39, 0.29) is 31.6 Å². The molecule has 0 unspecified atom stereocenters. The summed E-state index contributed by atoms with van der Waals surface area (Å²) in [6.07, 6.45) is 9.96. The first-order valence-corrected chi connectivity index (χ1v) is 17.5. The van der Waals surface area contributed by atoms with Crippen molar-refractivity contribution < 1.29 is 39.9 Å². The van der Waals surface area contributed by atoms with Crippen LogP contribution in [0.5, 0.6) is 5.75 Å². The molecule has 1 nitrogen and oxygen atoms in total. The molecule has 0 atom stereocenters. The highest BCUT2D eigenvalue weighted by atomic mass is 19.3. The Morgan fingerprint density at radius 2 is 1.32 bits per heavy atom. The van der Waals surface area contributed by atoms with Crippen LogP contribution in [-0.4, -0.2) is 6.11 Å². The van der Waals surface area contributed by atoms with E-state index < -0.39 is 64.2 Å². The van der Waals surface area contributed by atoms with E-state index in [4.69, 9.17) is 0 Å². The van der Waals surface area contributed by atoms with Crippen LogP contribution in [-0.2, 0) is 0 Å². The molecular formula is C38H46F8O. The van der Waals surface area contributed by atoms with Crippen molar-refractivity contribution in [2.24, 2.45) is 29.6 Å². The Hall–Kier alpha value is -2.58. The maximum absolute atomic E-state index is 15.2. The Morgan fingerprint density at radius 3 is 1.89 bits per heavy atom. The van der Waals surface area contributed by atoms with Gasteiger partial charge in [0.25, 0.3) is 0 Å². The fourth-order valence-corrected chi connectivity index (χ4v) is 8.34. The van der Waals surface area contributed by atoms with Crippen LogP contribution < -0.4 is 4.74 Å². The molecule has 47 heavy (non-hydrogen) atoms. The van der Waals surface area contributed by atoms with Crippen LogP contribution in [0.25, 0.3) is 5.83 Å². The molecule has 0 bridgehead atoms. The predicted octanol–water partition coefficient (Wildman–Crippen LogP) is 13.0. The first-order chi connectivity index (χ1) is 22.5. The van der Waals surface area contributed by atoms with Gasteiger partial charge in [0.15, 0.2) is 23.3 Å². The second-order valence-corrected chi connectivity index (χ2v) is 14.2. The zero-order chi connectivity index (χ0) is 33.7. The number of ether oxygens (including phenoxy) is 1. The molecule has 0 spiro atoms. The summed E-state index contributed by atoms with van der Waals surface area (Å²) >= 11 is 0. The second-order valence-electron chi connectivity index (χ2n) is 14.2. The Kier molecular flexibility index (Phi) is 12.0. The van der Waals surface area contributed by atoms with Crippen LogP contribution in [0, 0.1) is 52.9 Å². The van der Waals surface area contributed by atoms with Crippen molar-refractivity contribution >= 4 is 5.83 Å². The quantitative estimate of drug-likeness (QED) is 0.131. The monoisotopic (exact) mass is 670 g/mol. The third kappa shape index (κ3) is 8.72. The lowest BCUT2D eigenvalue weighted by Gasteiger charge is -2.38. The van der Waals surface area contributed by atoms with Crippen molar-refractivity contribution in [3.8, 4) is 5.75 Å². The highest BCUT2D eigenvalue weighted by molar-refractivity contribution is 5.62. The smallest absolute Gasteiger partial charge is 0.400 e. The first kappa shape index (κ1) is 35.7. The fraction of sp³-hybridized carbons (Fsp3) is 0.632. The largest absolute Gasteiger partial charge is 0.432 e. The van der Waals surface area contributed by atoms with Gasteiger partial charge >= 0.3 is 6.11 Å². The minimum absolute atomic E-state index is 0.154. The number of hydrogen-bond donors (Lipinski definition) is 0. The number of rotatable bonds is 11. The lowest BCUT2D eigenvalue weighted by molar-refractivity contribution is -0.223. The molecule has 2 aromatic rings. The summed E-state index contributed by atoms with van der Waals surface area (Å²) in [7, 11) is 0. The van der Waals surface area contributed by atoms with Gasteiger partial charge < -0.3 is 4.74 Å². The molecule has 2 aromatic carbocycles. The molecule has 0 amide bonds. The second kappa shape index (κ2) is 15.8. The van der Waals surface area contributed by atoms with E-state index >= 15 is 13.2 Å². The van der Waals surface area contributed by atoms with Crippen LogP contribution in [0.1, 0.15) is 127 Å². The summed E-state index contributed by atoms with van der Waals surface area (Å²) in [6, 6.07) is 4.90. The molecule has 0 heterocycles. The SMILES string of the molecule is CCCCCC1CCC(C2CCC(c3ccc(C(F)=C(F)C4CCC(C(F)(F)Oc5cc(F)c(F)c(F)c5)CC4)c(F)c3)CC2)CC1. The fourth-order valence-electron chi connectivity index (χ4n) is 8.34. The normalized spacial score (nSPS) is 27.8. The molecule has 0 radical (unpaired) electrons. The number of benzene rings is 2. The lowest BCUT2D eigenvalue weighted by Crippen LogP contribution is -2.37. The third-order valence-electron chi connectivity index (χ3n) is 11.2. The van der Waals surface area contributed by atoms with Gasteiger partial charge in [-0.05, 0) is 106 Å². The molecule has 0 aliphatic heterocycles. The van der Waals surface area contributed by atoms with E-state index in [0.29, 0.717) is 18.1 Å². The molecular weight excluding hydrogens is 624 g/mol. The van der Waals surface area contributed by atoms with Crippen LogP contribution in [0.3, 0.4) is 0 Å². The highest BCUT2D eigenvalue weighted by Crippen LogP contribution is 2.46. The Balaban J connectivity index is 1.12. The van der Waals surface area contributed by atoms with Gasteiger partial charge in [-0.1, -0.05) is 51.5 Å². The van der Waals surface area contributed by atoms with Crippen molar-refractivity contribution in [2.75, 3.05) is 0 Å². The molecule has 3 aliphatic carbocycles. The molecule has 260 valence electrons. The average Bonchev–Trinajstić information content (AvgIpc) is 3.07. The molecule has 9 heteroatoms. The van der Waals surface area contributed by atoms with Gasteiger partial charge in [-0.25, -0.2) is 26.3 Å². The summed E-state index contributed by atoms with van der Waals surface area (Å²) in [5, 5.41) is 0. The molecule has 3 saturated carbocycles. The van der Waals surface area contributed by atoms with Gasteiger partial charge in [0.05, 0.1) is 5.92 Å². The van der Waals surface area contributed by atoms with Gasteiger partial charge in [0.1, 0.15) is 17.4 Å². The van der Waals surface area contributed by atoms with E-state index in [1.165, 1.54) is 63.5 Å². The summed E-state index contributed by atoms with van der Waals surface area (Å²) < 4.78 is 120. The maximum atomic E-state index is 15.2. The predicted molar refractivity (Wildman–Crippen MR) is 167 cm³/mol. The average molecular weight is 671 g/mol. The van der Waals surface area contributed by atoms with Gasteiger partial charge in [-0.15, -0.1) is 0 Å². The van der Waals surface area contributed by atoms with Crippen LogP contribution in [0.4, 0.5) is 35.1 Å². The van der Waals surface area contributed by atoms with Gasteiger partial charge in [0.2, 0.25) is 0 Å². The van der Waals surface area contributed by atoms with E-state index in [2.05, 4.69) is 11.7 Å². The van der Waals surface area contributed by atoms with Gasteiger partial charge in [-0.3, -0.25) is 0 Å². The Bertz CT molecular complexity index is 1340. The summed E-state index contributed by atoms with van der Waals surface area (Å²) in [4.78, 5) is 0. The Morgan fingerprint density at radius 1 is 0.723 bits per heavy atom. The van der Waals surface area contributed by atoms with E-state index in [9.17, 15) is 22.0 Å². The topological polar surface area (TPSA) is 9.23 Å². The molecule has 3 fully saturated rings. The number of unbranched alkanes of at least 4 members (excludes halogenated alkanes) is 2. The summed E-state index contributed by atoms with van der Waals surface area (Å²) in [5.41, 5.74) is 0.313. The maximum Gasteiger partial charge on any atom is 0.400 e. The number of halogens is 8. The molecule has 0 aromatic heterocycles. The number of hydrogen-bond acceptors (Lipinski definition) is 1. The van der Waals surface area contributed by atoms with Crippen molar-refractivity contribution in [1.82, 2.24) is 0 Å². The van der Waals surface area contributed by atoms with Gasteiger partial charge in [-0.2, -0.15) is 8.78 Å². The van der Waals surface area contributed by atoms with Crippen LogP contribution in [0.15, 0.2) is 36.2 Å². The highest BCUT2D eigenvalue weighted by Gasteiger charge is 2.45. The molecule has 0 N–H and O–H groups in total. The number of allylic oxidation sites excluding steroid dienone is 1. The molecule has 0 saturated heterocycles. The van der Waals surface area contributed by atoms with E-state index in [1.54, 1.807) is 6.07 Å². The van der Waals surface area contributed by atoms with Crippen LogP contribution >= 0.6 is 0 Å². The van der Waals surface area contributed by atoms with Gasteiger partial charge in [0, 0.05) is 23.6 Å². The van der Waals surface area contributed by atoms with Crippen molar-refractivity contribution in [1.29, 1.82) is 0 Å². The standard InChI is InChI=1S/C38H46F8O/c1-2-3-4-5-23-6-8-24(9-7-23)25-10-12-26(13-11-25)28-16-19-31(32(39)20-28)36(43)35(42)27-14-17-29(18-15-27)38(45,46)47-30-21-33(40)37(44)34(41)22-30/h16,19-27,29H,2-15,17-18H2,1H3. The van der Waals surface area contributed by atoms with Crippen LogP contribution in [0.2, 0.25) is 0 Å². The molecule has 3 aliphatic rings. The minimum atomic E-state index is -3.88. The van der Waals surface area contributed by atoms with Crippen molar-refractivity contribution in [2.45, 2.75) is 122 Å². The first-order valence-electron chi connectivity index (χ1n) is 17.5. The zero-order valence-corrected chi connectivity index (χ0v) is 27.1. The number of alkyl halides is 2.